The van der Waals surface area contributed by atoms with E-state index in [0.29, 0.717) is 5.56 Å². The minimum Gasteiger partial charge on any atom is -0.393 e. The molecule has 84 valence electrons. The maximum atomic E-state index is 9.64. The summed E-state index contributed by atoms with van der Waals surface area (Å²) in [4.78, 5) is 6.39. The Labute approximate surface area is 95.1 Å². The minimum absolute atomic E-state index is 0.213. The fraction of sp³-hybridized carbons (Fsp3) is 0.500. The molecule has 2 heterocycles. The van der Waals surface area contributed by atoms with E-state index in [9.17, 15) is 5.11 Å². The zero-order valence-corrected chi connectivity index (χ0v) is 9.30. The van der Waals surface area contributed by atoms with Crippen molar-refractivity contribution in [2.75, 3.05) is 18.0 Å². The molecule has 1 aliphatic rings. The van der Waals surface area contributed by atoms with Gasteiger partial charge in [0.15, 0.2) is 0 Å². The maximum absolute atomic E-state index is 9.64. The topological polar surface area (TPSA) is 60.2 Å². The van der Waals surface area contributed by atoms with Gasteiger partial charge in [-0.15, -0.1) is 0 Å². The molecule has 0 saturated carbocycles. The monoisotopic (exact) mass is 217 g/mol. The third-order valence-electron chi connectivity index (χ3n) is 3.06. The summed E-state index contributed by atoms with van der Waals surface area (Å²) in [6, 6.07) is 5.61. The van der Waals surface area contributed by atoms with Crippen LogP contribution in [0, 0.1) is 17.2 Å². The van der Waals surface area contributed by atoms with Gasteiger partial charge in [0, 0.05) is 19.3 Å². The zero-order chi connectivity index (χ0) is 11.5. The summed E-state index contributed by atoms with van der Waals surface area (Å²) in [7, 11) is 0. The van der Waals surface area contributed by atoms with Crippen LogP contribution in [0.15, 0.2) is 18.3 Å². The van der Waals surface area contributed by atoms with E-state index < -0.39 is 0 Å². The largest absolute Gasteiger partial charge is 0.393 e. The molecule has 1 aromatic rings. The van der Waals surface area contributed by atoms with Gasteiger partial charge in [0.2, 0.25) is 0 Å². The number of aliphatic hydroxyl groups excluding tert-OH is 1. The predicted molar refractivity (Wildman–Crippen MR) is 61.0 cm³/mol. The lowest BCUT2D eigenvalue weighted by molar-refractivity contribution is 0.0969. The van der Waals surface area contributed by atoms with Crippen molar-refractivity contribution in [3.05, 3.63) is 23.9 Å². The van der Waals surface area contributed by atoms with Crippen molar-refractivity contribution in [3.63, 3.8) is 0 Å². The molecule has 0 aromatic carbocycles. The number of nitriles is 1. The average molecular weight is 217 g/mol. The lowest BCUT2D eigenvalue weighted by atomic mass is 9.97. The van der Waals surface area contributed by atoms with Crippen molar-refractivity contribution in [2.24, 2.45) is 5.92 Å². The fourth-order valence-electron chi connectivity index (χ4n) is 2.00. The summed E-state index contributed by atoms with van der Waals surface area (Å²) in [5, 5.41) is 18.5. The maximum Gasteiger partial charge on any atom is 0.129 e. The molecule has 0 amide bonds. The lowest BCUT2D eigenvalue weighted by Crippen LogP contribution is -2.42. The molecule has 0 bridgehead atoms. The van der Waals surface area contributed by atoms with Gasteiger partial charge in [0.25, 0.3) is 0 Å². The number of anilines is 1. The van der Waals surface area contributed by atoms with Gasteiger partial charge in [-0.05, 0) is 24.5 Å². The first-order valence-corrected chi connectivity index (χ1v) is 5.50. The third-order valence-corrected chi connectivity index (χ3v) is 3.06. The van der Waals surface area contributed by atoms with Gasteiger partial charge in [-0.2, -0.15) is 5.26 Å². The van der Waals surface area contributed by atoms with Crippen molar-refractivity contribution < 1.29 is 5.11 Å². The summed E-state index contributed by atoms with van der Waals surface area (Å²) >= 11 is 0. The average Bonchev–Trinajstić information content (AvgIpc) is 2.33. The summed E-state index contributed by atoms with van der Waals surface area (Å²) < 4.78 is 0. The van der Waals surface area contributed by atoms with E-state index in [1.165, 1.54) is 0 Å². The summed E-state index contributed by atoms with van der Waals surface area (Å²) in [5.41, 5.74) is 0.628. The van der Waals surface area contributed by atoms with Crippen LogP contribution in [0.1, 0.15) is 18.9 Å². The van der Waals surface area contributed by atoms with E-state index in [1.807, 2.05) is 6.92 Å². The van der Waals surface area contributed by atoms with Crippen LogP contribution in [-0.2, 0) is 0 Å². The SMILES string of the molecule is CC1CN(c2cc(C#N)ccn2)CCC1O. The van der Waals surface area contributed by atoms with Crippen molar-refractivity contribution in [2.45, 2.75) is 19.4 Å². The highest BCUT2D eigenvalue weighted by Gasteiger charge is 2.24. The molecule has 1 N–H and O–H groups in total. The van der Waals surface area contributed by atoms with Crippen LogP contribution in [0.25, 0.3) is 0 Å². The van der Waals surface area contributed by atoms with E-state index in [0.717, 1.165) is 25.3 Å². The highest BCUT2D eigenvalue weighted by atomic mass is 16.3. The Balaban J connectivity index is 2.16. The van der Waals surface area contributed by atoms with Crippen LogP contribution in [0.5, 0.6) is 0 Å². The molecule has 2 unspecified atom stereocenters. The van der Waals surface area contributed by atoms with Gasteiger partial charge in [0.1, 0.15) is 5.82 Å². The summed E-state index contributed by atoms with van der Waals surface area (Å²) in [5.74, 6) is 1.08. The number of hydrogen-bond acceptors (Lipinski definition) is 4. The molecule has 2 rings (SSSR count). The number of aliphatic hydroxyl groups is 1. The molecular formula is C12H15N3O. The van der Waals surface area contributed by atoms with Crippen LogP contribution in [0.4, 0.5) is 5.82 Å². The van der Waals surface area contributed by atoms with Gasteiger partial charge in [-0.25, -0.2) is 4.98 Å². The first-order chi connectivity index (χ1) is 7.70. The standard InChI is InChI=1S/C12H15N3O/c1-9-8-15(5-3-11(9)16)12-6-10(7-13)2-4-14-12/h2,4,6,9,11,16H,3,5,8H2,1H3. The Bertz CT molecular complexity index is 413. The first kappa shape index (κ1) is 10.9. The van der Waals surface area contributed by atoms with Crippen LogP contribution in [-0.4, -0.2) is 29.3 Å². The molecular weight excluding hydrogens is 202 g/mol. The molecule has 4 heteroatoms. The van der Waals surface area contributed by atoms with Gasteiger partial charge >= 0.3 is 0 Å². The second kappa shape index (κ2) is 4.50. The molecule has 16 heavy (non-hydrogen) atoms. The van der Waals surface area contributed by atoms with Crippen LogP contribution >= 0.6 is 0 Å². The number of rotatable bonds is 1. The predicted octanol–water partition coefficient (Wildman–Crippen LogP) is 1.16. The summed E-state index contributed by atoms with van der Waals surface area (Å²) in [6.45, 7) is 3.63. The molecule has 2 atom stereocenters. The van der Waals surface area contributed by atoms with E-state index >= 15 is 0 Å². The highest BCUT2D eigenvalue weighted by molar-refractivity contribution is 5.45. The molecule has 1 aliphatic heterocycles. The quantitative estimate of drug-likeness (QED) is 0.766. The van der Waals surface area contributed by atoms with Crippen LogP contribution < -0.4 is 4.90 Å². The van der Waals surface area contributed by atoms with Crippen molar-refractivity contribution in [3.8, 4) is 6.07 Å². The van der Waals surface area contributed by atoms with E-state index in [-0.39, 0.29) is 12.0 Å². The zero-order valence-electron chi connectivity index (χ0n) is 9.30. The third kappa shape index (κ3) is 2.15. The van der Waals surface area contributed by atoms with Gasteiger partial charge in [0.05, 0.1) is 17.7 Å². The minimum atomic E-state index is -0.213. The lowest BCUT2D eigenvalue weighted by Gasteiger charge is -2.35. The number of piperidine rings is 1. The van der Waals surface area contributed by atoms with Gasteiger partial charge in [-0.3, -0.25) is 0 Å². The Morgan fingerprint density at radius 2 is 2.44 bits per heavy atom. The Hall–Kier alpha value is -1.60. The number of aromatic nitrogens is 1. The Morgan fingerprint density at radius 1 is 1.62 bits per heavy atom. The molecule has 1 fully saturated rings. The van der Waals surface area contributed by atoms with Crippen molar-refractivity contribution >= 4 is 5.82 Å². The second-order valence-electron chi connectivity index (χ2n) is 4.29. The number of hydrogen-bond donors (Lipinski definition) is 1. The van der Waals surface area contributed by atoms with Crippen molar-refractivity contribution in [1.29, 1.82) is 5.26 Å². The van der Waals surface area contributed by atoms with E-state index in [4.69, 9.17) is 5.26 Å². The molecule has 0 aliphatic carbocycles. The molecule has 0 radical (unpaired) electrons. The fourth-order valence-corrected chi connectivity index (χ4v) is 2.00. The van der Waals surface area contributed by atoms with E-state index in [2.05, 4.69) is 16.0 Å². The van der Waals surface area contributed by atoms with E-state index in [1.54, 1.807) is 18.3 Å². The van der Waals surface area contributed by atoms with Crippen LogP contribution in [0.3, 0.4) is 0 Å². The second-order valence-corrected chi connectivity index (χ2v) is 4.29. The molecule has 1 aromatic heterocycles. The van der Waals surface area contributed by atoms with Gasteiger partial charge < -0.3 is 10.0 Å². The smallest absolute Gasteiger partial charge is 0.129 e. The normalized spacial score (nSPS) is 25.2. The molecule has 0 spiro atoms. The van der Waals surface area contributed by atoms with Gasteiger partial charge in [-0.1, -0.05) is 6.92 Å². The van der Waals surface area contributed by atoms with Crippen LogP contribution in [0.2, 0.25) is 0 Å². The molecule has 1 saturated heterocycles. The Morgan fingerprint density at radius 3 is 3.12 bits per heavy atom. The highest BCUT2D eigenvalue weighted by Crippen LogP contribution is 2.21. The van der Waals surface area contributed by atoms with Crippen molar-refractivity contribution in [1.82, 2.24) is 4.98 Å². The first-order valence-electron chi connectivity index (χ1n) is 5.50. The number of pyridine rings is 1. The number of nitrogens with zero attached hydrogens (tertiary/aromatic N) is 3. The Kier molecular flexibility index (Phi) is 3.07. The summed E-state index contributed by atoms with van der Waals surface area (Å²) in [6.07, 6.45) is 2.21. The molecule has 4 nitrogen and oxygen atoms in total.